The van der Waals surface area contributed by atoms with Crippen molar-refractivity contribution in [1.29, 1.82) is 5.26 Å². The molecule has 80 valence electrons. The van der Waals surface area contributed by atoms with Crippen molar-refractivity contribution in [2.45, 2.75) is 0 Å². The molecule has 0 aromatic carbocycles. The lowest BCUT2D eigenvalue weighted by atomic mass is 10.2. The molecule has 0 saturated carbocycles. The Labute approximate surface area is 97.6 Å². The molecule has 3 aromatic rings. The summed E-state index contributed by atoms with van der Waals surface area (Å²) in [5, 5.41) is 9.23. The molecule has 0 aliphatic carbocycles. The summed E-state index contributed by atoms with van der Waals surface area (Å²) in [5.41, 5.74) is 3.56. The number of pyridine rings is 2. The molecule has 0 bridgehead atoms. The topological polar surface area (TPSA) is 65.4 Å². The molecule has 4 nitrogen and oxygen atoms in total. The molecule has 0 spiro atoms. The summed E-state index contributed by atoms with van der Waals surface area (Å²) < 4.78 is 0. The molecule has 17 heavy (non-hydrogen) atoms. The molecule has 0 aliphatic rings. The molecule has 4 heteroatoms. The van der Waals surface area contributed by atoms with Crippen LogP contribution in [-0.2, 0) is 0 Å². The van der Waals surface area contributed by atoms with Gasteiger partial charge in [-0.3, -0.25) is 9.97 Å². The third kappa shape index (κ3) is 1.45. The van der Waals surface area contributed by atoms with E-state index in [0.29, 0.717) is 11.1 Å². The molecule has 0 aliphatic heterocycles. The monoisotopic (exact) mass is 220 g/mol. The number of H-pyrrole nitrogens is 1. The van der Waals surface area contributed by atoms with Crippen LogP contribution in [0, 0.1) is 11.3 Å². The number of hydrogen-bond donors (Lipinski definition) is 1. The molecule has 0 saturated heterocycles. The van der Waals surface area contributed by atoms with Crippen molar-refractivity contribution in [3.63, 3.8) is 0 Å². The molecule has 3 aromatic heterocycles. The van der Waals surface area contributed by atoms with Gasteiger partial charge in [0.25, 0.3) is 0 Å². The van der Waals surface area contributed by atoms with Crippen LogP contribution < -0.4 is 0 Å². The molecule has 0 radical (unpaired) electrons. The summed E-state index contributed by atoms with van der Waals surface area (Å²) in [6.45, 7) is 0. The van der Waals surface area contributed by atoms with Crippen LogP contribution in [0.3, 0.4) is 0 Å². The normalized spacial score (nSPS) is 10.3. The predicted molar refractivity (Wildman–Crippen MR) is 64.0 cm³/mol. The van der Waals surface area contributed by atoms with Gasteiger partial charge in [-0.15, -0.1) is 0 Å². The molecular weight excluding hydrogens is 212 g/mol. The average Bonchev–Trinajstić information content (AvgIpc) is 2.78. The van der Waals surface area contributed by atoms with Crippen LogP contribution in [0.1, 0.15) is 5.56 Å². The maximum absolute atomic E-state index is 9.23. The third-order valence-electron chi connectivity index (χ3n) is 2.59. The summed E-state index contributed by atoms with van der Waals surface area (Å²) in [6, 6.07) is 11.5. The second-order valence-corrected chi connectivity index (χ2v) is 3.60. The summed E-state index contributed by atoms with van der Waals surface area (Å²) >= 11 is 0. The van der Waals surface area contributed by atoms with Crippen LogP contribution in [-0.4, -0.2) is 15.0 Å². The van der Waals surface area contributed by atoms with Gasteiger partial charge >= 0.3 is 0 Å². The fourth-order valence-electron chi connectivity index (χ4n) is 1.83. The van der Waals surface area contributed by atoms with E-state index in [0.717, 1.165) is 16.9 Å². The van der Waals surface area contributed by atoms with Gasteiger partial charge in [0, 0.05) is 12.4 Å². The van der Waals surface area contributed by atoms with Crippen LogP contribution in [0.4, 0.5) is 0 Å². The highest BCUT2D eigenvalue weighted by atomic mass is 14.8. The first-order chi connectivity index (χ1) is 8.40. The molecule has 0 amide bonds. The number of aromatic amines is 1. The Morgan fingerprint density at radius 1 is 1.06 bits per heavy atom. The Balaban J connectivity index is 2.35. The van der Waals surface area contributed by atoms with Crippen molar-refractivity contribution in [3.8, 4) is 17.5 Å². The number of rotatable bonds is 1. The zero-order valence-corrected chi connectivity index (χ0v) is 8.88. The van der Waals surface area contributed by atoms with Crippen molar-refractivity contribution < 1.29 is 0 Å². The van der Waals surface area contributed by atoms with Crippen LogP contribution in [0.15, 0.2) is 42.7 Å². The summed E-state index contributed by atoms with van der Waals surface area (Å²) in [5.74, 6) is 0. The number of nitrogens with one attached hydrogen (secondary N) is 1. The van der Waals surface area contributed by atoms with Gasteiger partial charge in [-0.25, -0.2) is 0 Å². The standard InChI is InChI=1S/C13H8N4/c14-8-9-12-11(5-3-7-16-12)17-13(9)10-4-1-2-6-15-10/h1-7,17H. The van der Waals surface area contributed by atoms with Crippen LogP contribution in [0.2, 0.25) is 0 Å². The van der Waals surface area contributed by atoms with E-state index < -0.39 is 0 Å². The Bertz CT molecular complexity index is 707. The summed E-state index contributed by atoms with van der Waals surface area (Å²) in [6.07, 6.45) is 3.38. The zero-order chi connectivity index (χ0) is 11.7. The molecule has 0 fully saturated rings. The van der Waals surface area contributed by atoms with Gasteiger partial charge in [-0.1, -0.05) is 6.07 Å². The van der Waals surface area contributed by atoms with Gasteiger partial charge in [0.2, 0.25) is 0 Å². The molecule has 1 N–H and O–H groups in total. The largest absolute Gasteiger partial charge is 0.351 e. The molecule has 3 rings (SSSR count). The number of hydrogen-bond acceptors (Lipinski definition) is 3. The second kappa shape index (κ2) is 3.72. The van der Waals surface area contributed by atoms with E-state index in [2.05, 4.69) is 21.0 Å². The van der Waals surface area contributed by atoms with Crippen molar-refractivity contribution in [2.75, 3.05) is 0 Å². The summed E-state index contributed by atoms with van der Waals surface area (Å²) in [4.78, 5) is 11.6. The highest BCUT2D eigenvalue weighted by molar-refractivity contribution is 5.89. The van der Waals surface area contributed by atoms with E-state index in [1.807, 2.05) is 30.3 Å². The Kier molecular flexibility index (Phi) is 2.09. The minimum atomic E-state index is 0.541. The molecule has 0 unspecified atom stereocenters. The first kappa shape index (κ1) is 9.55. The lowest BCUT2D eigenvalue weighted by molar-refractivity contribution is 1.29. The lowest BCUT2D eigenvalue weighted by Crippen LogP contribution is -1.84. The van der Waals surface area contributed by atoms with Gasteiger partial charge in [-0.05, 0) is 24.3 Å². The molecular formula is C13H8N4. The van der Waals surface area contributed by atoms with E-state index in [-0.39, 0.29) is 0 Å². The van der Waals surface area contributed by atoms with E-state index in [1.54, 1.807) is 12.4 Å². The van der Waals surface area contributed by atoms with E-state index >= 15 is 0 Å². The third-order valence-corrected chi connectivity index (χ3v) is 2.59. The van der Waals surface area contributed by atoms with Gasteiger partial charge in [0.05, 0.1) is 16.9 Å². The number of fused-ring (bicyclic) bond motifs is 1. The Hall–Kier alpha value is -2.67. The fraction of sp³-hybridized carbons (Fsp3) is 0. The van der Waals surface area contributed by atoms with Crippen molar-refractivity contribution in [2.24, 2.45) is 0 Å². The van der Waals surface area contributed by atoms with Crippen LogP contribution in [0.25, 0.3) is 22.4 Å². The first-order valence-corrected chi connectivity index (χ1v) is 5.18. The smallest absolute Gasteiger partial charge is 0.106 e. The SMILES string of the molecule is N#Cc1c(-c2ccccn2)[nH]c2cccnc12. The van der Waals surface area contributed by atoms with Crippen molar-refractivity contribution >= 4 is 11.0 Å². The maximum Gasteiger partial charge on any atom is 0.106 e. The Morgan fingerprint density at radius 3 is 2.71 bits per heavy atom. The summed E-state index contributed by atoms with van der Waals surface area (Å²) in [7, 11) is 0. The quantitative estimate of drug-likeness (QED) is 0.685. The highest BCUT2D eigenvalue weighted by Gasteiger charge is 2.13. The van der Waals surface area contributed by atoms with E-state index in [1.165, 1.54) is 0 Å². The van der Waals surface area contributed by atoms with Crippen molar-refractivity contribution in [3.05, 3.63) is 48.3 Å². The van der Waals surface area contributed by atoms with E-state index in [4.69, 9.17) is 0 Å². The van der Waals surface area contributed by atoms with E-state index in [9.17, 15) is 5.26 Å². The van der Waals surface area contributed by atoms with Gasteiger partial charge in [0.15, 0.2) is 0 Å². The maximum atomic E-state index is 9.23. The molecule has 3 heterocycles. The highest BCUT2D eigenvalue weighted by Crippen LogP contribution is 2.26. The average molecular weight is 220 g/mol. The fourth-order valence-corrected chi connectivity index (χ4v) is 1.83. The number of aromatic nitrogens is 3. The second-order valence-electron chi connectivity index (χ2n) is 3.60. The predicted octanol–water partition coefficient (Wildman–Crippen LogP) is 2.50. The van der Waals surface area contributed by atoms with Crippen molar-refractivity contribution in [1.82, 2.24) is 15.0 Å². The minimum Gasteiger partial charge on any atom is -0.351 e. The lowest BCUT2D eigenvalue weighted by Gasteiger charge is -1.96. The number of nitrogens with zero attached hydrogens (tertiary/aromatic N) is 3. The zero-order valence-electron chi connectivity index (χ0n) is 8.88. The Morgan fingerprint density at radius 2 is 1.94 bits per heavy atom. The van der Waals surface area contributed by atoms with Gasteiger partial charge < -0.3 is 4.98 Å². The minimum absolute atomic E-state index is 0.541. The van der Waals surface area contributed by atoms with Crippen LogP contribution >= 0.6 is 0 Å². The van der Waals surface area contributed by atoms with Crippen LogP contribution in [0.5, 0.6) is 0 Å². The first-order valence-electron chi connectivity index (χ1n) is 5.18. The number of nitriles is 1. The van der Waals surface area contributed by atoms with Gasteiger partial charge in [-0.2, -0.15) is 5.26 Å². The molecule has 0 atom stereocenters. The van der Waals surface area contributed by atoms with Gasteiger partial charge in [0.1, 0.15) is 17.1 Å².